The van der Waals surface area contributed by atoms with Crippen molar-refractivity contribution in [3.8, 4) is 0 Å². The second-order valence-electron chi connectivity index (χ2n) is 7.10. The Labute approximate surface area is 174 Å². The normalized spacial score (nSPS) is 10.7. The first-order valence-corrected chi connectivity index (χ1v) is 9.87. The summed E-state index contributed by atoms with van der Waals surface area (Å²) in [4.78, 5) is 40.7. The van der Waals surface area contributed by atoms with Gasteiger partial charge in [0, 0.05) is 20.0 Å². The number of aryl methyl sites for hydroxylation is 2. The summed E-state index contributed by atoms with van der Waals surface area (Å²) in [6, 6.07) is 15.1. The van der Waals surface area contributed by atoms with Crippen LogP contribution >= 0.6 is 0 Å². The van der Waals surface area contributed by atoms with Crippen LogP contribution in [0.3, 0.4) is 0 Å². The number of rotatable bonds is 8. The molecule has 7 heteroatoms. The van der Waals surface area contributed by atoms with Gasteiger partial charge in [0.15, 0.2) is 6.61 Å². The molecule has 1 N–H and O–H groups in total. The molecule has 1 aromatic heterocycles. The maximum atomic E-state index is 12.4. The zero-order valence-electron chi connectivity index (χ0n) is 17.2. The highest BCUT2D eigenvalue weighted by Gasteiger charge is 2.12. The molecule has 1 amide bonds. The highest BCUT2D eigenvalue weighted by atomic mass is 16.5. The molecule has 3 rings (SSSR count). The average molecular weight is 407 g/mol. The molecule has 156 valence electrons. The Balaban J connectivity index is 1.44. The predicted octanol–water partition coefficient (Wildman–Crippen LogP) is 2.08. The molecule has 0 atom stereocenters. The van der Waals surface area contributed by atoms with E-state index < -0.39 is 5.97 Å². The van der Waals surface area contributed by atoms with E-state index in [1.54, 1.807) is 25.2 Å². The van der Waals surface area contributed by atoms with Gasteiger partial charge in [-0.1, -0.05) is 36.4 Å². The maximum Gasteiger partial charge on any atom is 0.306 e. The Kier molecular flexibility index (Phi) is 6.95. The molecule has 0 saturated carbocycles. The van der Waals surface area contributed by atoms with Gasteiger partial charge in [-0.05, 0) is 36.6 Å². The fraction of sp³-hybridized carbons (Fsp3) is 0.304. The van der Waals surface area contributed by atoms with E-state index >= 15 is 0 Å². The molecule has 2 aromatic carbocycles. The van der Waals surface area contributed by atoms with E-state index in [1.807, 2.05) is 37.3 Å². The Morgan fingerprint density at radius 1 is 1.07 bits per heavy atom. The van der Waals surface area contributed by atoms with Gasteiger partial charge in [0.1, 0.15) is 5.82 Å². The molecule has 0 aliphatic heterocycles. The van der Waals surface area contributed by atoms with Crippen LogP contribution in [0.25, 0.3) is 10.9 Å². The van der Waals surface area contributed by atoms with Crippen LogP contribution in [0.2, 0.25) is 0 Å². The number of para-hydroxylation sites is 1. The summed E-state index contributed by atoms with van der Waals surface area (Å²) in [7, 11) is 1.63. The Hall–Kier alpha value is -3.48. The second-order valence-corrected chi connectivity index (χ2v) is 7.10. The first kappa shape index (κ1) is 21.2. The Morgan fingerprint density at radius 2 is 1.80 bits per heavy atom. The zero-order chi connectivity index (χ0) is 21.5. The molecule has 0 fully saturated rings. The fourth-order valence-corrected chi connectivity index (χ4v) is 3.20. The standard InChI is InChI=1S/C23H25N3O4/c1-16-7-3-4-8-17(16)13-14-24-21(27)15-30-22(28)12-11-20-25-19-10-6-5-9-18(19)23(29)26(20)2/h3-10H,11-15H2,1-2H3,(H,24,27). The average Bonchev–Trinajstić information content (AvgIpc) is 2.75. The first-order valence-electron chi connectivity index (χ1n) is 9.87. The number of fused-ring (bicyclic) bond motifs is 1. The van der Waals surface area contributed by atoms with Gasteiger partial charge in [0.25, 0.3) is 11.5 Å². The number of amides is 1. The van der Waals surface area contributed by atoms with Gasteiger partial charge in [0.2, 0.25) is 0 Å². The summed E-state index contributed by atoms with van der Waals surface area (Å²) in [6.07, 6.45) is 1.01. The smallest absolute Gasteiger partial charge is 0.306 e. The van der Waals surface area contributed by atoms with E-state index in [9.17, 15) is 14.4 Å². The minimum atomic E-state index is -0.508. The summed E-state index contributed by atoms with van der Waals surface area (Å²) in [6.45, 7) is 2.18. The Morgan fingerprint density at radius 3 is 2.60 bits per heavy atom. The van der Waals surface area contributed by atoms with Crippen LogP contribution < -0.4 is 10.9 Å². The number of nitrogens with one attached hydrogen (secondary N) is 1. The van der Waals surface area contributed by atoms with E-state index in [0.29, 0.717) is 29.7 Å². The van der Waals surface area contributed by atoms with Gasteiger partial charge in [0.05, 0.1) is 17.3 Å². The van der Waals surface area contributed by atoms with E-state index in [2.05, 4.69) is 10.3 Å². The summed E-state index contributed by atoms with van der Waals surface area (Å²) in [5, 5.41) is 3.29. The van der Waals surface area contributed by atoms with Crippen molar-refractivity contribution in [3.63, 3.8) is 0 Å². The number of aromatic nitrogens is 2. The number of benzene rings is 2. The first-order chi connectivity index (χ1) is 14.5. The van der Waals surface area contributed by atoms with Crippen molar-refractivity contribution in [3.05, 3.63) is 75.8 Å². The van der Waals surface area contributed by atoms with Crippen LogP contribution in [-0.4, -0.2) is 34.6 Å². The van der Waals surface area contributed by atoms with E-state index in [0.717, 1.165) is 0 Å². The lowest BCUT2D eigenvalue weighted by molar-refractivity contribution is -0.148. The number of ether oxygens (including phenoxy) is 1. The van der Waals surface area contributed by atoms with Crippen LogP contribution in [0.1, 0.15) is 23.4 Å². The van der Waals surface area contributed by atoms with Crippen molar-refractivity contribution < 1.29 is 14.3 Å². The molecule has 1 heterocycles. The van der Waals surface area contributed by atoms with Crippen molar-refractivity contribution in [2.24, 2.45) is 7.05 Å². The van der Waals surface area contributed by atoms with E-state index in [1.165, 1.54) is 15.7 Å². The lowest BCUT2D eigenvalue weighted by Gasteiger charge is -2.10. The van der Waals surface area contributed by atoms with E-state index in [-0.39, 0.29) is 30.9 Å². The van der Waals surface area contributed by atoms with Crippen LogP contribution in [0, 0.1) is 6.92 Å². The largest absolute Gasteiger partial charge is 0.456 e. The number of hydrogen-bond acceptors (Lipinski definition) is 5. The van der Waals surface area contributed by atoms with Gasteiger partial charge in [-0.15, -0.1) is 0 Å². The lowest BCUT2D eigenvalue weighted by atomic mass is 10.1. The van der Waals surface area contributed by atoms with Crippen LogP contribution in [-0.2, 0) is 34.2 Å². The third-order valence-electron chi connectivity index (χ3n) is 4.97. The molecule has 0 unspecified atom stereocenters. The van der Waals surface area contributed by atoms with Crippen molar-refractivity contribution in [1.82, 2.24) is 14.9 Å². The third kappa shape index (κ3) is 5.31. The molecule has 0 radical (unpaired) electrons. The molecule has 0 aliphatic carbocycles. The quantitative estimate of drug-likeness (QED) is 0.578. The fourth-order valence-electron chi connectivity index (χ4n) is 3.20. The SMILES string of the molecule is Cc1ccccc1CCNC(=O)COC(=O)CCc1nc2ccccc2c(=O)n1C. The summed E-state index contributed by atoms with van der Waals surface area (Å²) in [5.74, 6) is -0.349. The van der Waals surface area contributed by atoms with Crippen molar-refractivity contribution in [1.29, 1.82) is 0 Å². The van der Waals surface area contributed by atoms with Crippen molar-refractivity contribution in [2.75, 3.05) is 13.2 Å². The molecule has 0 spiro atoms. The van der Waals surface area contributed by atoms with Crippen LogP contribution in [0.4, 0.5) is 0 Å². The number of hydrogen-bond donors (Lipinski definition) is 1. The van der Waals surface area contributed by atoms with Crippen LogP contribution in [0.15, 0.2) is 53.3 Å². The van der Waals surface area contributed by atoms with Crippen LogP contribution in [0.5, 0.6) is 0 Å². The predicted molar refractivity (Wildman–Crippen MR) is 114 cm³/mol. The molecule has 0 bridgehead atoms. The van der Waals surface area contributed by atoms with Gasteiger partial charge in [-0.25, -0.2) is 4.98 Å². The molecule has 7 nitrogen and oxygen atoms in total. The van der Waals surface area contributed by atoms with Gasteiger partial charge >= 0.3 is 5.97 Å². The third-order valence-corrected chi connectivity index (χ3v) is 4.97. The highest BCUT2D eigenvalue weighted by molar-refractivity contribution is 5.80. The molecule has 30 heavy (non-hydrogen) atoms. The Bertz CT molecular complexity index is 1120. The molecular formula is C23H25N3O4. The van der Waals surface area contributed by atoms with E-state index in [4.69, 9.17) is 4.74 Å². The van der Waals surface area contributed by atoms with Gasteiger partial charge < -0.3 is 10.1 Å². The second kappa shape index (κ2) is 9.82. The molecular weight excluding hydrogens is 382 g/mol. The summed E-state index contributed by atoms with van der Waals surface area (Å²) < 4.78 is 6.48. The van der Waals surface area contributed by atoms with Crippen molar-refractivity contribution in [2.45, 2.75) is 26.2 Å². The van der Waals surface area contributed by atoms with Gasteiger partial charge in [-0.2, -0.15) is 0 Å². The summed E-state index contributed by atoms with van der Waals surface area (Å²) in [5.41, 5.74) is 2.78. The highest BCUT2D eigenvalue weighted by Crippen LogP contribution is 2.09. The number of esters is 1. The molecule has 0 aliphatic rings. The van der Waals surface area contributed by atoms with Gasteiger partial charge in [-0.3, -0.25) is 19.0 Å². The zero-order valence-corrected chi connectivity index (χ0v) is 17.2. The van der Waals surface area contributed by atoms with Crippen molar-refractivity contribution >= 4 is 22.8 Å². The number of nitrogens with zero attached hydrogens (tertiary/aromatic N) is 2. The molecule has 0 saturated heterocycles. The lowest BCUT2D eigenvalue weighted by Crippen LogP contribution is -2.30. The minimum absolute atomic E-state index is 0.0368. The monoisotopic (exact) mass is 407 g/mol. The summed E-state index contributed by atoms with van der Waals surface area (Å²) >= 11 is 0. The number of carbonyl (C=O) groups is 2. The molecule has 3 aromatic rings. The minimum Gasteiger partial charge on any atom is -0.456 e. The number of carbonyl (C=O) groups excluding carboxylic acids is 2. The maximum absolute atomic E-state index is 12.4. The topological polar surface area (TPSA) is 90.3 Å².